The van der Waals surface area contributed by atoms with Crippen LogP contribution in [0.4, 0.5) is 11.4 Å². The average Bonchev–Trinajstić information content (AvgIpc) is 3.19. The molecule has 0 radical (unpaired) electrons. The van der Waals surface area contributed by atoms with E-state index in [1.165, 1.54) is 12.1 Å². The second-order valence-corrected chi connectivity index (χ2v) is 4.98. The first-order valence-corrected chi connectivity index (χ1v) is 6.72. The molecule has 0 atom stereocenters. The number of carbonyl (C=O) groups excluding carboxylic acids is 1. The number of benzene rings is 1. The highest BCUT2D eigenvalue weighted by Crippen LogP contribution is 2.20. The summed E-state index contributed by atoms with van der Waals surface area (Å²) in [6.45, 7) is 0.620. The standard InChI is InChI=1S/C14H19N3O3/c15-11-8-9(14(19)20)3-6-12(11)16-7-1-2-13(18)17-10-4-5-10/h3,6,8,10,16H,1-2,4-5,7,15H2,(H,17,18)(H,19,20). The van der Waals surface area contributed by atoms with Crippen LogP contribution in [0.5, 0.6) is 0 Å². The number of carboxylic acids is 1. The topological polar surface area (TPSA) is 104 Å². The van der Waals surface area contributed by atoms with Crippen LogP contribution in [0, 0.1) is 0 Å². The summed E-state index contributed by atoms with van der Waals surface area (Å²) in [4.78, 5) is 22.2. The lowest BCUT2D eigenvalue weighted by Gasteiger charge is -2.10. The molecule has 1 amide bonds. The third-order valence-corrected chi connectivity index (χ3v) is 3.14. The van der Waals surface area contributed by atoms with Gasteiger partial charge in [-0.25, -0.2) is 4.79 Å². The predicted molar refractivity (Wildman–Crippen MR) is 76.7 cm³/mol. The maximum absolute atomic E-state index is 11.5. The molecule has 0 heterocycles. The molecule has 1 aromatic carbocycles. The minimum atomic E-state index is -1.00. The van der Waals surface area contributed by atoms with Crippen LogP contribution >= 0.6 is 0 Å². The summed E-state index contributed by atoms with van der Waals surface area (Å²) in [5.41, 5.74) is 7.02. The maximum atomic E-state index is 11.5. The van der Waals surface area contributed by atoms with Gasteiger partial charge >= 0.3 is 5.97 Å². The molecular formula is C14H19N3O3. The van der Waals surface area contributed by atoms with E-state index in [0.29, 0.717) is 36.8 Å². The molecule has 6 nitrogen and oxygen atoms in total. The summed E-state index contributed by atoms with van der Waals surface area (Å²) in [7, 11) is 0. The van der Waals surface area contributed by atoms with E-state index in [2.05, 4.69) is 10.6 Å². The Morgan fingerprint density at radius 2 is 2.10 bits per heavy atom. The lowest BCUT2D eigenvalue weighted by molar-refractivity contribution is -0.121. The smallest absolute Gasteiger partial charge is 0.335 e. The zero-order valence-electron chi connectivity index (χ0n) is 11.2. The first-order valence-electron chi connectivity index (χ1n) is 6.72. The summed E-state index contributed by atoms with van der Waals surface area (Å²) >= 11 is 0. The Kier molecular flexibility index (Phi) is 4.45. The molecule has 6 heteroatoms. The highest BCUT2D eigenvalue weighted by atomic mass is 16.4. The largest absolute Gasteiger partial charge is 0.478 e. The number of anilines is 2. The van der Waals surface area contributed by atoms with E-state index in [1.54, 1.807) is 6.07 Å². The number of aromatic carboxylic acids is 1. The first-order chi connectivity index (χ1) is 9.56. The fraction of sp³-hybridized carbons (Fsp3) is 0.429. The van der Waals surface area contributed by atoms with Gasteiger partial charge < -0.3 is 21.5 Å². The van der Waals surface area contributed by atoms with Crippen LogP contribution in [-0.4, -0.2) is 29.6 Å². The Morgan fingerprint density at radius 3 is 2.70 bits per heavy atom. The van der Waals surface area contributed by atoms with Crippen LogP contribution in [0.15, 0.2) is 18.2 Å². The molecule has 108 valence electrons. The lowest BCUT2D eigenvalue weighted by atomic mass is 10.1. The van der Waals surface area contributed by atoms with Crippen molar-refractivity contribution in [3.8, 4) is 0 Å². The average molecular weight is 277 g/mol. The van der Waals surface area contributed by atoms with Gasteiger partial charge in [0.15, 0.2) is 0 Å². The van der Waals surface area contributed by atoms with Crippen LogP contribution in [0.25, 0.3) is 0 Å². The number of nitrogens with one attached hydrogen (secondary N) is 2. The molecule has 1 aliphatic carbocycles. The fourth-order valence-electron chi connectivity index (χ4n) is 1.86. The minimum Gasteiger partial charge on any atom is -0.478 e. The van der Waals surface area contributed by atoms with Crippen molar-refractivity contribution in [1.82, 2.24) is 5.32 Å². The van der Waals surface area contributed by atoms with Crippen molar-refractivity contribution in [3.05, 3.63) is 23.8 Å². The number of carboxylic acid groups (broad SMARTS) is 1. The number of hydrogen-bond acceptors (Lipinski definition) is 4. The van der Waals surface area contributed by atoms with Crippen molar-refractivity contribution >= 4 is 23.3 Å². The Labute approximate surface area is 117 Å². The molecule has 5 N–H and O–H groups in total. The van der Waals surface area contributed by atoms with Crippen molar-refractivity contribution in [2.45, 2.75) is 31.7 Å². The second kappa shape index (κ2) is 6.27. The highest BCUT2D eigenvalue weighted by molar-refractivity contribution is 5.90. The van der Waals surface area contributed by atoms with Gasteiger partial charge in [0.2, 0.25) is 5.91 Å². The molecule has 0 saturated heterocycles. The molecule has 1 aliphatic rings. The molecule has 20 heavy (non-hydrogen) atoms. The Bertz CT molecular complexity index is 512. The number of rotatable bonds is 7. The van der Waals surface area contributed by atoms with Gasteiger partial charge in [-0.15, -0.1) is 0 Å². The van der Waals surface area contributed by atoms with E-state index in [9.17, 15) is 9.59 Å². The summed E-state index contributed by atoms with van der Waals surface area (Å²) in [6.07, 6.45) is 3.38. The SMILES string of the molecule is Nc1cc(C(=O)O)ccc1NCCCC(=O)NC1CC1. The highest BCUT2D eigenvalue weighted by Gasteiger charge is 2.22. The van der Waals surface area contributed by atoms with Crippen LogP contribution in [0.2, 0.25) is 0 Å². The molecule has 0 aliphatic heterocycles. The van der Waals surface area contributed by atoms with Crippen LogP contribution in [-0.2, 0) is 4.79 Å². The first kappa shape index (κ1) is 14.2. The number of nitrogen functional groups attached to an aromatic ring is 1. The Hall–Kier alpha value is -2.24. The molecule has 1 aromatic rings. The van der Waals surface area contributed by atoms with Crippen LogP contribution < -0.4 is 16.4 Å². The van der Waals surface area contributed by atoms with Crippen molar-refractivity contribution in [2.75, 3.05) is 17.6 Å². The normalized spacial score (nSPS) is 13.8. The third kappa shape index (κ3) is 4.15. The van der Waals surface area contributed by atoms with Crippen molar-refractivity contribution in [1.29, 1.82) is 0 Å². The molecule has 2 rings (SSSR count). The molecule has 0 spiro atoms. The van der Waals surface area contributed by atoms with Crippen molar-refractivity contribution < 1.29 is 14.7 Å². The van der Waals surface area contributed by atoms with Crippen molar-refractivity contribution in [2.24, 2.45) is 0 Å². The van der Waals surface area contributed by atoms with Gasteiger partial charge in [-0.05, 0) is 37.5 Å². The third-order valence-electron chi connectivity index (χ3n) is 3.14. The Morgan fingerprint density at radius 1 is 1.35 bits per heavy atom. The zero-order valence-corrected chi connectivity index (χ0v) is 11.2. The summed E-state index contributed by atoms with van der Waals surface area (Å²) in [6, 6.07) is 4.96. The number of hydrogen-bond donors (Lipinski definition) is 4. The number of carbonyl (C=O) groups is 2. The minimum absolute atomic E-state index is 0.0866. The van der Waals surface area contributed by atoms with E-state index < -0.39 is 5.97 Å². The monoisotopic (exact) mass is 277 g/mol. The fourth-order valence-corrected chi connectivity index (χ4v) is 1.86. The van der Waals surface area contributed by atoms with Gasteiger partial charge in [-0.3, -0.25) is 4.79 Å². The number of amides is 1. The van der Waals surface area contributed by atoms with Gasteiger partial charge in [0.25, 0.3) is 0 Å². The predicted octanol–water partition coefficient (Wildman–Crippen LogP) is 1.44. The molecule has 0 bridgehead atoms. The van der Waals surface area contributed by atoms with Crippen LogP contribution in [0.1, 0.15) is 36.0 Å². The van der Waals surface area contributed by atoms with Crippen LogP contribution in [0.3, 0.4) is 0 Å². The quantitative estimate of drug-likeness (QED) is 0.446. The summed E-state index contributed by atoms with van der Waals surface area (Å²) in [5, 5.41) is 14.9. The lowest BCUT2D eigenvalue weighted by Crippen LogP contribution is -2.25. The van der Waals surface area contributed by atoms with E-state index in [4.69, 9.17) is 10.8 Å². The molecule has 1 fully saturated rings. The van der Waals surface area contributed by atoms with Gasteiger partial charge in [-0.1, -0.05) is 0 Å². The molecule has 0 unspecified atom stereocenters. The van der Waals surface area contributed by atoms with Gasteiger partial charge in [0.1, 0.15) is 0 Å². The summed E-state index contributed by atoms with van der Waals surface area (Å²) < 4.78 is 0. The maximum Gasteiger partial charge on any atom is 0.335 e. The van der Waals surface area contributed by atoms with Gasteiger partial charge in [-0.2, -0.15) is 0 Å². The van der Waals surface area contributed by atoms with E-state index in [1.807, 2.05) is 0 Å². The summed E-state index contributed by atoms with van der Waals surface area (Å²) in [5.74, 6) is -0.913. The second-order valence-electron chi connectivity index (χ2n) is 4.98. The van der Waals surface area contributed by atoms with E-state index in [0.717, 1.165) is 12.8 Å². The van der Waals surface area contributed by atoms with Gasteiger partial charge in [0.05, 0.1) is 16.9 Å². The van der Waals surface area contributed by atoms with E-state index >= 15 is 0 Å². The van der Waals surface area contributed by atoms with Gasteiger partial charge in [0, 0.05) is 19.0 Å². The molecule has 0 aromatic heterocycles. The molecule has 1 saturated carbocycles. The Balaban J connectivity index is 1.73. The molecular weight excluding hydrogens is 258 g/mol. The van der Waals surface area contributed by atoms with Crippen molar-refractivity contribution in [3.63, 3.8) is 0 Å². The van der Waals surface area contributed by atoms with E-state index in [-0.39, 0.29) is 11.5 Å². The zero-order chi connectivity index (χ0) is 14.5. The number of nitrogens with two attached hydrogens (primary N) is 1.